The predicted octanol–water partition coefficient (Wildman–Crippen LogP) is 11.3. The molecule has 16 heteroatoms. The third kappa shape index (κ3) is 10.6. The maximum Gasteiger partial charge on any atom is 0.323 e. The van der Waals surface area contributed by atoms with Crippen molar-refractivity contribution in [1.29, 1.82) is 0 Å². The fourth-order valence-corrected chi connectivity index (χ4v) is 14.9. The van der Waals surface area contributed by atoms with Crippen molar-refractivity contribution < 1.29 is 29.3 Å². The molecular formula is C62H60N4O8S4. The summed E-state index contributed by atoms with van der Waals surface area (Å²) in [5.41, 5.74) is 6.94. The lowest BCUT2D eigenvalue weighted by molar-refractivity contribution is -0.151. The van der Waals surface area contributed by atoms with Crippen molar-refractivity contribution in [2.75, 3.05) is 4.90 Å². The molecule has 1 saturated heterocycles. The molecule has 2 aliphatic heterocycles. The zero-order chi connectivity index (χ0) is 55.0. The lowest BCUT2D eigenvalue weighted by Crippen LogP contribution is -2.41. The molecule has 5 aromatic carbocycles. The summed E-state index contributed by atoms with van der Waals surface area (Å²) in [7, 11) is 0. The first-order valence-electron chi connectivity index (χ1n) is 26.3. The fourth-order valence-electron chi connectivity index (χ4n) is 11.1. The second-order valence-electron chi connectivity index (χ2n) is 20.7. The van der Waals surface area contributed by atoms with Gasteiger partial charge in [-0.2, -0.15) is 0 Å². The third-order valence-corrected chi connectivity index (χ3v) is 19.6. The number of thiocarbonyl (C=S) groups is 1. The van der Waals surface area contributed by atoms with Crippen molar-refractivity contribution >= 4 is 103 Å². The molecule has 0 bridgehead atoms. The van der Waals surface area contributed by atoms with E-state index in [1.54, 1.807) is 32.1 Å². The van der Waals surface area contributed by atoms with E-state index in [0.29, 0.717) is 39.9 Å². The number of anilines is 2. The minimum absolute atomic E-state index is 0.155. The second kappa shape index (κ2) is 22.3. The molecule has 1 aliphatic carbocycles. The van der Waals surface area contributed by atoms with E-state index in [4.69, 9.17) is 17.0 Å². The van der Waals surface area contributed by atoms with Crippen molar-refractivity contribution in [2.24, 2.45) is 5.41 Å². The van der Waals surface area contributed by atoms with Crippen LogP contribution in [0.3, 0.4) is 0 Å². The molecule has 78 heavy (non-hydrogen) atoms. The van der Waals surface area contributed by atoms with E-state index in [9.17, 15) is 34.2 Å². The first-order valence-corrected chi connectivity index (χ1v) is 29.2. The van der Waals surface area contributed by atoms with Crippen molar-refractivity contribution in [1.82, 2.24) is 14.0 Å². The van der Waals surface area contributed by atoms with Crippen molar-refractivity contribution in [3.05, 3.63) is 200 Å². The highest BCUT2D eigenvalue weighted by Crippen LogP contribution is 2.52. The normalized spacial score (nSPS) is 18.9. The van der Waals surface area contributed by atoms with Crippen molar-refractivity contribution in [2.45, 2.75) is 110 Å². The smallest absolute Gasteiger partial charge is 0.323 e. The summed E-state index contributed by atoms with van der Waals surface area (Å²) in [6, 6.07) is 43.4. The number of hydrogen-bond donors (Lipinski definition) is 2. The largest absolute Gasteiger partial charge is 0.488 e. The van der Waals surface area contributed by atoms with Gasteiger partial charge in [-0.15, -0.1) is 22.7 Å². The molecule has 1 amide bonds. The summed E-state index contributed by atoms with van der Waals surface area (Å²) >= 11 is 8.98. The number of hydrogen-bond acceptors (Lipinski definition) is 11. The quantitative estimate of drug-likeness (QED) is 0.0662. The predicted molar refractivity (Wildman–Crippen MR) is 317 cm³/mol. The molecule has 2 aromatic heterocycles. The number of carboxylic acids is 2. The highest BCUT2D eigenvalue weighted by atomic mass is 32.2. The molecule has 4 atom stereocenters. The molecule has 1 saturated carbocycles. The zero-order valence-corrected chi connectivity index (χ0v) is 47.3. The van der Waals surface area contributed by atoms with E-state index in [1.165, 1.54) is 15.0 Å². The Morgan fingerprint density at radius 2 is 1.44 bits per heavy atom. The van der Waals surface area contributed by atoms with Gasteiger partial charge in [-0.1, -0.05) is 135 Å². The van der Waals surface area contributed by atoms with Crippen LogP contribution in [0.5, 0.6) is 5.75 Å². The van der Waals surface area contributed by atoms with E-state index >= 15 is 0 Å². The van der Waals surface area contributed by atoms with Gasteiger partial charge in [0.2, 0.25) is 0 Å². The number of carbonyl (C=O) groups excluding carboxylic acids is 1. The van der Waals surface area contributed by atoms with Crippen LogP contribution in [0, 0.1) is 14.6 Å². The van der Waals surface area contributed by atoms with Crippen LogP contribution in [0.25, 0.3) is 22.6 Å². The molecule has 12 nitrogen and oxygen atoms in total. The number of carboxylic acid groups (broad SMARTS) is 2. The van der Waals surface area contributed by atoms with E-state index in [0.717, 1.165) is 103 Å². The molecule has 400 valence electrons. The summed E-state index contributed by atoms with van der Waals surface area (Å²) in [5.74, 6) is -1.60. The van der Waals surface area contributed by atoms with Crippen LogP contribution in [0.2, 0.25) is 0 Å². The van der Waals surface area contributed by atoms with Gasteiger partial charge in [-0.25, -0.2) is 0 Å². The van der Waals surface area contributed by atoms with Crippen LogP contribution in [0.1, 0.15) is 112 Å². The van der Waals surface area contributed by atoms with Crippen LogP contribution < -0.4 is 30.0 Å². The monoisotopic (exact) mass is 1120 g/mol. The molecule has 7 aromatic rings. The van der Waals surface area contributed by atoms with Gasteiger partial charge in [0, 0.05) is 36.3 Å². The Kier molecular flexibility index (Phi) is 15.5. The fraction of sp³-hybridized carbons (Fsp3) is 0.290. The lowest BCUT2D eigenvalue weighted by Gasteiger charge is -2.36. The molecule has 3 aliphatic rings. The number of rotatable bonds is 17. The van der Waals surface area contributed by atoms with Gasteiger partial charge in [0.05, 0.1) is 16.5 Å². The van der Waals surface area contributed by atoms with Crippen LogP contribution in [0.4, 0.5) is 11.4 Å². The summed E-state index contributed by atoms with van der Waals surface area (Å²) in [4.78, 5) is 71.6. The topological polar surface area (TPSA) is 151 Å². The Hall–Kier alpha value is -7.11. The van der Waals surface area contributed by atoms with Crippen LogP contribution in [-0.2, 0) is 34.0 Å². The Labute approximate surface area is 469 Å². The maximum atomic E-state index is 14.4. The molecule has 10 rings (SSSR count). The average Bonchev–Trinajstić information content (AvgIpc) is 4.46. The molecule has 2 fully saturated rings. The number of aromatic nitrogens is 2. The Morgan fingerprint density at radius 3 is 2.05 bits per heavy atom. The van der Waals surface area contributed by atoms with Crippen molar-refractivity contribution in [3.8, 4) is 5.75 Å². The Bertz CT molecular complexity index is 3830. The summed E-state index contributed by atoms with van der Waals surface area (Å²) in [6.07, 6.45) is 8.59. The standard InChI is InChI=1S/C62H60N4O8S4/c1-6-61(4,59(72)73)37-62(5,7-2)74-44-29-24-39(25-30-44)35-65-56(71)53(78-60(65)75)57-63(8-3)55(70)52(77-57)58-64(36-51(67)68)54(69)50(76-58)34-40-26-31-49-47(33-40)45-20-15-21-48(45)66(49)43-27-22-38(23-28-43)32-46(41-16-11-9-12-17-41)42-18-13-10-14-19-42/h9-14,16-19,22-34,45,48H,6-8,15,20-21,35-37H2,1-5H3,(H,67,68)(H,72,73)/b50-34-,57-53+,58-52+. The Balaban J connectivity index is 0.952. The van der Waals surface area contributed by atoms with E-state index in [1.807, 2.05) is 51.1 Å². The summed E-state index contributed by atoms with van der Waals surface area (Å²) in [6.45, 7) is 8.99. The average molecular weight is 1120 g/mol. The minimum Gasteiger partial charge on any atom is -0.488 e. The number of carbonyl (C=O) groups is 3. The van der Waals surface area contributed by atoms with Gasteiger partial charge in [0.1, 0.15) is 41.0 Å². The van der Waals surface area contributed by atoms with Gasteiger partial charge < -0.3 is 19.8 Å². The van der Waals surface area contributed by atoms with Gasteiger partial charge in [-0.3, -0.25) is 38.0 Å². The number of thioether (sulfide) groups is 1. The van der Waals surface area contributed by atoms with Crippen LogP contribution in [-0.4, -0.2) is 58.1 Å². The third-order valence-electron chi connectivity index (χ3n) is 15.5. The van der Waals surface area contributed by atoms with Crippen molar-refractivity contribution in [3.63, 3.8) is 0 Å². The number of nitrogens with zero attached hydrogens (tertiary/aromatic N) is 4. The molecule has 4 unspecified atom stereocenters. The number of benzene rings is 5. The van der Waals surface area contributed by atoms with E-state index < -0.39 is 40.6 Å². The SMILES string of the molecule is CCn1c(=O)/c(=c2\s/c(=C\c3ccc4c(c3)C3CCCC3N4c3ccc(C=C(c4ccccc4)c4ccccc4)cc3)c(=O)n2CC(=O)O)s/c1=C1/SC(=S)N(Cc2ccc(OC(C)(CC)CC(C)(CC)C(=O)O)cc2)C1=O. The first kappa shape index (κ1) is 54.3. The highest BCUT2D eigenvalue weighted by Gasteiger charge is 2.43. The molecule has 0 radical (unpaired) electrons. The van der Waals surface area contributed by atoms with Crippen LogP contribution >= 0.6 is 46.7 Å². The number of aliphatic carboxylic acids is 2. The lowest BCUT2D eigenvalue weighted by atomic mass is 9.76. The second-order valence-corrected chi connectivity index (χ2v) is 24.4. The zero-order valence-electron chi connectivity index (χ0n) is 44.1. The summed E-state index contributed by atoms with van der Waals surface area (Å²) < 4.78 is 10.4. The van der Waals surface area contributed by atoms with Crippen LogP contribution in [0.15, 0.2) is 137 Å². The molecule has 4 heterocycles. The number of amides is 1. The first-order chi connectivity index (χ1) is 37.5. The maximum absolute atomic E-state index is 14.4. The number of fused-ring (bicyclic) bond motifs is 3. The minimum atomic E-state index is -1.23. The van der Waals surface area contributed by atoms with Gasteiger partial charge in [0.25, 0.3) is 17.0 Å². The van der Waals surface area contributed by atoms with Gasteiger partial charge >= 0.3 is 11.9 Å². The van der Waals surface area contributed by atoms with Gasteiger partial charge in [0.15, 0.2) is 0 Å². The highest BCUT2D eigenvalue weighted by molar-refractivity contribution is 8.30. The number of ether oxygens (including phenoxy) is 1. The molecule has 2 N–H and O–H groups in total. The summed E-state index contributed by atoms with van der Waals surface area (Å²) in [5, 5.41) is 20.0. The molecular weight excluding hydrogens is 1060 g/mol. The Morgan fingerprint density at radius 1 is 0.769 bits per heavy atom. The van der Waals surface area contributed by atoms with Gasteiger partial charge in [-0.05, 0) is 134 Å². The van der Waals surface area contributed by atoms with E-state index in [-0.39, 0.29) is 43.7 Å². The number of thiazole rings is 2. The molecule has 0 spiro atoms. The van der Waals surface area contributed by atoms with E-state index in [2.05, 4.69) is 95.9 Å².